The van der Waals surface area contributed by atoms with Gasteiger partial charge in [-0.05, 0) is 18.1 Å². The Morgan fingerprint density at radius 1 is 1.57 bits per heavy atom. The lowest BCUT2D eigenvalue weighted by Crippen LogP contribution is -2.37. The van der Waals surface area contributed by atoms with Crippen LogP contribution in [0.1, 0.15) is 11.3 Å². The molecule has 0 bridgehead atoms. The number of methoxy groups -OCH3 is 1. The number of carbonyl (C=O) groups is 1. The van der Waals surface area contributed by atoms with Crippen molar-refractivity contribution in [1.82, 2.24) is 10.3 Å². The zero-order valence-electron chi connectivity index (χ0n) is 11.7. The summed E-state index contributed by atoms with van der Waals surface area (Å²) in [5.74, 6) is 1.41. The SMILES string of the molecule is COc1ccc2c(c1)OCC(C(=O)NCc1cscn1)C2. The van der Waals surface area contributed by atoms with Gasteiger partial charge in [0.15, 0.2) is 0 Å². The molecule has 2 aromatic rings. The fraction of sp³-hybridized carbons (Fsp3) is 0.333. The van der Waals surface area contributed by atoms with Crippen LogP contribution in [0.2, 0.25) is 0 Å². The molecule has 0 saturated carbocycles. The van der Waals surface area contributed by atoms with E-state index in [4.69, 9.17) is 9.47 Å². The summed E-state index contributed by atoms with van der Waals surface area (Å²) in [7, 11) is 1.62. The number of rotatable bonds is 4. The summed E-state index contributed by atoms with van der Waals surface area (Å²) in [6, 6.07) is 5.70. The largest absolute Gasteiger partial charge is 0.497 e. The Bertz CT molecular complexity index is 628. The number of thiazole rings is 1. The van der Waals surface area contributed by atoms with Crippen molar-refractivity contribution < 1.29 is 14.3 Å². The van der Waals surface area contributed by atoms with E-state index in [9.17, 15) is 4.79 Å². The van der Waals surface area contributed by atoms with Crippen LogP contribution in [0.15, 0.2) is 29.1 Å². The molecule has 21 heavy (non-hydrogen) atoms. The molecule has 1 N–H and O–H groups in total. The highest BCUT2D eigenvalue weighted by molar-refractivity contribution is 7.07. The maximum Gasteiger partial charge on any atom is 0.227 e. The average Bonchev–Trinajstić information content (AvgIpc) is 3.05. The van der Waals surface area contributed by atoms with Crippen molar-refractivity contribution in [3.8, 4) is 11.5 Å². The first kappa shape index (κ1) is 13.9. The molecule has 1 aromatic carbocycles. The lowest BCUT2D eigenvalue weighted by Gasteiger charge is -2.24. The Hall–Kier alpha value is -2.08. The second-order valence-corrected chi connectivity index (χ2v) is 5.60. The highest BCUT2D eigenvalue weighted by atomic mass is 32.1. The second kappa shape index (κ2) is 6.13. The lowest BCUT2D eigenvalue weighted by molar-refractivity contribution is -0.126. The number of hydrogen-bond donors (Lipinski definition) is 1. The highest BCUT2D eigenvalue weighted by Gasteiger charge is 2.26. The van der Waals surface area contributed by atoms with E-state index in [1.165, 1.54) is 11.3 Å². The molecule has 0 radical (unpaired) electrons. The summed E-state index contributed by atoms with van der Waals surface area (Å²) in [6.07, 6.45) is 0.683. The summed E-state index contributed by atoms with van der Waals surface area (Å²) < 4.78 is 10.9. The van der Waals surface area contributed by atoms with Crippen LogP contribution in [0.4, 0.5) is 0 Å². The fourth-order valence-electron chi connectivity index (χ4n) is 2.29. The molecule has 1 aromatic heterocycles. The molecular weight excluding hydrogens is 288 g/mol. The van der Waals surface area contributed by atoms with Crippen LogP contribution in [0.25, 0.3) is 0 Å². The molecular formula is C15H16N2O3S. The minimum Gasteiger partial charge on any atom is -0.497 e. The van der Waals surface area contributed by atoms with Crippen molar-refractivity contribution in [2.24, 2.45) is 5.92 Å². The summed E-state index contributed by atoms with van der Waals surface area (Å²) in [6.45, 7) is 0.859. The van der Waals surface area contributed by atoms with Gasteiger partial charge in [0.1, 0.15) is 18.1 Å². The van der Waals surface area contributed by atoms with E-state index in [2.05, 4.69) is 10.3 Å². The number of benzene rings is 1. The van der Waals surface area contributed by atoms with Crippen LogP contribution < -0.4 is 14.8 Å². The van der Waals surface area contributed by atoms with Crippen LogP contribution in [-0.2, 0) is 17.8 Å². The molecule has 3 rings (SSSR count). The highest BCUT2D eigenvalue weighted by Crippen LogP contribution is 2.31. The van der Waals surface area contributed by atoms with Crippen LogP contribution in [0.3, 0.4) is 0 Å². The predicted octanol–water partition coefficient (Wildman–Crippen LogP) is 2.02. The number of nitrogens with one attached hydrogen (secondary N) is 1. The maximum absolute atomic E-state index is 12.2. The smallest absolute Gasteiger partial charge is 0.227 e. The third-order valence-electron chi connectivity index (χ3n) is 3.48. The minimum atomic E-state index is -0.162. The van der Waals surface area contributed by atoms with Gasteiger partial charge < -0.3 is 14.8 Å². The molecule has 0 fully saturated rings. The van der Waals surface area contributed by atoms with Crippen molar-refractivity contribution in [2.45, 2.75) is 13.0 Å². The van der Waals surface area contributed by atoms with E-state index in [-0.39, 0.29) is 11.8 Å². The van der Waals surface area contributed by atoms with Gasteiger partial charge in [-0.15, -0.1) is 11.3 Å². The summed E-state index contributed by atoms with van der Waals surface area (Å²) in [5.41, 5.74) is 3.68. The standard InChI is InChI=1S/C15H16N2O3S/c1-19-13-3-2-10-4-11(7-20-14(10)5-13)15(18)16-6-12-8-21-9-17-12/h2-3,5,8-9,11H,4,6-7H2,1H3,(H,16,18). The van der Waals surface area contributed by atoms with Gasteiger partial charge >= 0.3 is 0 Å². The number of ether oxygens (including phenoxy) is 2. The average molecular weight is 304 g/mol. The molecule has 1 aliphatic heterocycles. The Morgan fingerprint density at radius 3 is 3.24 bits per heavy atom. The molecule has 6 heteroatoms. The summed E-state index contributed by atoms with van der Waals surface area (Å²) >= 11 is 1.52. The van der Waals surface area contributed by atoms with E-state index in [0.29, 0.717) is 19.6 Å². The molecule has 1 atom stereocenters. The van der Waals surface area contributed by atoms with Crippen LogP contribution in [0, 0.1) is 5.92 Å². The van der Waals surface area contributed by atoms with Crippen LogP contribution in [-0.4, -0.2) is 24.6 Å². The first-order valence-electron chi connectivity index (χ1n) is 6.71. The Balaban J connectivity index is 1.61. The minimum absolute atomic E-state index is 0.00414. The number of carbonyl (C=O) groups excluding carboxylic acids is 1. The molecule has 0 aliphatic carbocycles. The molecule has 110 valence electrons. The van der Waals surface area contributed by atoms with E-state index in [1.54, 1.807) is 12.6 Å². The van der Waals surface area contributed by atoms with E-state index < -0.39 is 0 Å². The Labute approximate surface area is 126 Å². The van der Waals surface area contributed by atoms with Gasteiger partial charge in [0.2, 0.25) is 5.91 Å². The molecule has 1 amide bonds. The zero-order valence-corrected chi connectivity index (χ0v) is 12.5. The third kappa shape index (κ3) is 3.16. The van der Waals surface area contributed by atoms with Gasteiger partial charge in [0.25, 0.3) is 0 Å². The van der Waals surface area contributed by atoms with E-state index in [0.717, 1.165) is 22.8 Å². The van der Waals surface area contributed by atoms with Crippen molar-refractivity contribution in [3.05, 3.63) is 40.3 Å². The molecule has 0 spiro atoms. The van der Waals surface area contributed by atoms with Crippen molar-refractivity contribution >= 4 is 17.2 Å². The fourth-order valence-corrected chi connectivity index (χ4v) is 2.85. The molecule has 0 saturated heterocycles. The second-order valence-electron chi connectivity index (χ2n) is 4.88. The Kier molecular flexibility index (Phi) is 4.06. The van der Waals surface area contributed by atoms with Gasteiger partial charge in [-0.25, -0.2) is 4.98 Å². The molecule has 1 aliphatic rings. The Morgan fingerprint density at radius 2 is 2.48 bits per heavy atom. The number of nitrogens with zero attached hydrogens (tertiary/aromatic N) is 1. The first-order valence-corrected chi connectivity index (χ1v) is 7.65. The maximum atomic E-state index is 12.2. The van der Waals surface area contributed by atoms with Crippen molar-refractivity contribution in [3.63, 3.8) is 0 Å². The molecule has 1 unspecified atom stereocenters. The predicted molar refractivity (Wildman–Crippen MR) is 79.6 cm³/mol. The van der Waals surface area contributed by atoms with E-state index in [1.807, 2.05) is 23.6 Å². The number of hydrogen-bond acceptors (Lipinski definition) is 5. The number of fused-ring (bicyclic) bond motifs is 1. The molecule has 2 heterocycles. The monoisotopic (exact) mass is 304 g/mol. The quantitative estimate of drug-likeness (QED) is 0.939. The summed E-state index contributed by atoms with van der Waals surface area (Å²) in [5, 5.41) is 4.84. The van der Waals surface area contributed by atoms with E-state index >= 15 is 0 Å². The van der Waals surface area contributed by atoms with Gasteiger partial charge in [-0.1, -0.05) is 6.07 Å². The van der Waals surface area contributed by atoms with Gasteiger partial charge in [0.05, 0.1) is 30.8 Å². The van der Waals surface area contributed by atoms with Crippen molar-refractivity contribution in [2.75, 3.05) is 13.7 Å². The molecule has 5 nitrogen and oxygen atoms in total. The van der Waals surface area contributed by atoms with Crippen molar-refractivity contribution in [1.29, 1.82) is 0 Å². The zero-order chi connectivity index (χ0) is 14.7. The van der Waals surface area contributed by atoms with Gasteiger partial charge in [0, 0.05) is 11.4 Å². The normalized spacial score (nSPS) is 16.7. The summed E-state index contributed by atoms with van der Waals surface area (Å²) in [4.78, 5) is 16.3. The van der Waals surface area contributed by atoms with Gasteiger partial charge in [-0.3, -0.25) is 4.79 Å². The first-order chi connectivity index (χ1) is 10.3. The number of amides is 1. The lowest BCUT2D eigenvalue weighted by atomic mass is 9.96. The van der Waals surface area contributed by atoms with Gasteiger partial charge in [-0.2, -0.15) is 0 Å². The van der Waals surface area contributed by atoms with Crippen LogP contribution >= 0.6 is 11.3 Å². The third-order valence-corrected chi connectivity index (χ3v) is 4.11. The topological polar surface area (TPSA) is 60.5 Å². The number of aromatic nitrogens is 1. The van der Waals surface area contributed by atoms with Crippen LogP contribution in [0.5, 0.6) is 11.5 Å².